The van der Waals surface area contributed by atoms with Crippen molar-refractivity contribution in [3.8, 4) is 0 Å². The van der Waals surface area contributed by atoms with Crippen molar-refractivity contribution >= 4 is 17.5 Å². The lowest BCUT2D eigenvalue weighted by atomic mass is 10.1. The average molecular weight is 450 g/mol. The predicted octanol–water partition coefficient (Wildman–Crippen LogP) is 4.31. The summed E-state index contributed by atoms with van der Waals surface area (Å²) in [5.41, 5.74) is 1.31. The van der Waals surface area contributed by atoms with Gasteiger partial charge in [-0.2, -0.15) is 0 Å². The van der Waals surface area contributed by atoms with Gasteiger partial charge < -0.3 is 14.2 Å². The first-order valence-corrected chi connectivity index (χ1v) is 10.7. The third kappa shape index (κ3) is 6.52. The molecule has 3 aromatic rings. The SMILES string of the molecule is CC(C)N(CC(=O)N(CCc1ccccc1)Cc1ccco1)C(=O)c1ccc([N+](=O)[O-])cc1. The zero-order chi connectivity index (χ0) is 23.8. The van der Waals surface area contributed by atoms with Crippen LogP contribution in [0.15, 0.2) is 77.4 Å². The highest BCUT2D eigenvalue weighted by Gasteiger charge is 2.25. The van der Waals surface area contributed by atoms with Crippen molar-refractivity contribution in [2.75, 3.05) is 13.1 Å². The summed E-state index contributed by atoms with van der Waals surface area (Å²) < 4.78 is 5.44. The molecule has 0 aliphatic heterocycles. The van der Waals surface area contributed by atoms with Gasteiger partial charge in [-0.1, -0.05) is 30.3 Å². The second-order valence-electron chi connectivity index (χ2n) is 7.96. The van der Waals surface area contributed by atoms with E-state index in [0.29, 0.717) is 30.8 Å². The lowest BCUT2D eigenvalue weighted by Gasteiger charge is -2.30. The monoisotopic (exact) mass is 449 g/mol. The van der Waals surface area contributed by atoms with E-state index >= 15 is 0 Å². The van der Waals surface area contributed by atoms with Crippen LogP contribution >= 0.6 is 0 Å². The third-order valence-electron chi connectivity index (χ3n) is 5.31. The van der Waals surface area contributed by atoms with Crippen LogP contribution in [-0.4, -0.2) is 45.7 Å². The Hall–Kier alpha value is -3.94. The Morgan fingerprint density at radius 1 is 1.00 bits per heavy atom. The Kier molecular flexibility index (Phi) is 7.96. The molecule has 1 heterocycles. The molecule has 2 aromatic carbocycles. The van der Waals surface area contributed by atoms with Gasteiger partial charge in [0, 0.05) is 30.3 Å². The highest BCUT2D eigenvalue weighted by Crippen LogP contribution is 2.16. The molecule has 33 heavy (non-hydrogen) atoms. The number of rotatable bonds is 10. The number of amides is 2. The van der Waals surface area contributed by atoms with E-state index in [9.17, 15) is 19.7 Å². The van der Waals surface area contributed by atoms with Gasteiger partial charge in [0.15, 0.2) is 0 Å². The Morgan fingerprint density at radius 3 is 2.27 bits per heavy atom. The molecule has 1 aromatic heterocycles. The van der Waals surface area contributed by atoms with Crippen LogP contribution in [0.5, 0.6) is 0 Å². The summed E-state index contributed by atoms with van der Waals surface area (Å²) >= 11 is 0. The van der Waals surface area contributed by atoms with Gasteiger partial charge in [-0.25, -0.2) is 0 Å². The van der Waals surface area contributed by atoms with E-state index in [2.05, 4.69) is 0 Å². The van der Waals surface area contributed by atoms with Crippen LogP contribution < -0.4 is 0 Å². The molecular weight excluding hydrogens is 422 g/mol. The first-order valence-electron chi connectivity index (χ1n) is 10.7. The van der Waals surface area contributed by atoms with E-state index < -0.39 is 4.92 Å². The number of nitro benzene ring substituents is 1. The van der Waals surface area contributed by atoms with Gasteiger partial charge in [0.25, 0.3) is 11.6 Å². The van der Waals surface area contributed by atoms with Crippen LogP contribution in [0.1, 0.15) is 35.5 Å². The number of hydrogen-bond donors (Lipinski definition) is 0. The summed E-state index contributed by atoms with van der Waals surface area (Å²) in [6.07, 6.45) is 2.24. The second-order valence-corrected chi connectivity index (χ2v) is 7.96. The molecule has 0 aliphatic rings. The minimum atomic E-state index is -0.517. The second kappa shape index (κ2) is 11.1. The Balaban J connectivity index is 1.74. The minimum Gasteiger partial charge on any atom is -0.467 e. The molecule has 0 spiro atoms. The van der Waals surface area contributed by atoms with E-state index in [1.54, 1.807) is 17.2 Å². The molecule has 0 saturated heterocycles. The highest BCUT2D eigenvalue weighted by atomic mass is 16.6. The predicted molar refractivity (Wildman–Crippen MR) is 124 cm³/mol. The number of hydrogen-bond acceptors (Lipinski definition) is 5. The molecule has 8 nitrogen and oxygen atoms in total. The fourth-order valence-electron chi connectivity index (χ4n) is 3.42. The fraction of sp³-hybridized carbons (Fsp3) is 0.280. The molecule has 2 amide bonds. The van der Waals surface area contributed by atoms with Crippen molar-refractivity contribution < 1.29 is 18.9 Å². The Labute approximate surface area is 192 Å². The van der Waals surface area contributed by atoms with Crippen molar-refractivity contribution in [1.29, 1.82) is 0 Å². The standard InChI is InChI=1S/C25H27N3O5/c1-19(2)27(25(30)21-10-12-22(13-11-21)28(31)32)18-24(29)26(17-23-9-6-16-33-23)15-14-20-7-4-3-5-8-20/h3-13,16,19H,14-15,17-18H2,1-2H3. The largest absolute Gasteiger partial charge is 0.467 e. The number of nitro groups is 1. The van der Waals surface area contributed by atoms with Gasteiger partial charge in [-0.15, -0.1) is 0 Å². The molecule has 0 saturated carbocycles. The van der Waals surface area contributed by atoms with Crippen LogP contribution in [0.4, 0.5) is 5.69 Å². The van der Waals surface area contributed by atoms with Crippen molar-refractivity contribution in [2.45, 2.75) is 32.9 Å². The molecule has 0 radical (unpaired) electrons. The number of carbonyl (C=O) groups excluding carboxylic acids is 2. The fourth-order valence-corrected chi connectivity index (χ4v) is 3.42. The summed E-state index contributed by atoms with van der Waals surface area (Å²) in [4.78, 5) is 39.9. The van der Waals surface area contributed by atoms with Gasteiger partial charge in [-0.05, 0) is 50.1 Å². The van der Waals surface area contributed by atoms with E-state index in [-0.39, 0.29) is 30.1 Å². The van der Waals surface area contributed by atoms with Crippen molar-refractivity contribution in [3.63, 3.8) is 0 Å². The Morgan fingerprint density at radius 2 is 1.70 bits per heavy atom. The van der Waals surface area contributed by atoms with Crippen molar-refractivity contribution in [3.05, 3.63) is 100.0 Å². The first-order chi connectivity index (χ1) is 15.8. The van der Waals surface area contributed by atoms with Gasteiger partial charge in [0.1, 0.15) is 12.3 Å². The maximum absolute atomic E-state index is 13.3. The zero-order valence-corrected chi connectivity index (χ0v) is 18.7. The summed E-state index contributed by atoms with van der Waals surface area (Å²) in [5.74, 6) is 0.106. The molecule has 172 valence electrons. The van der Waals surface area contributed by atoms with Gasteiger partial charge in [0.05, 0.1) is 17.7 Å². The molecule has 0 bridgehead atoms. The quantitative estimate of drug-likeness (QED) is 0.339. The normalized spacial score (nSPS) is 10.8. The van der Waals surface area contributed by atoms with Gasteiger partial charge >= 0.3 is 0 Å². The number of furan rings is 1. The molecular formula is C25H27N3O5. The molecule has 0 atom stereocenters. The van der Waals surface area contributed by atoms with E-state index in [1.807, 2.05) is 50.2 Å². The number of nitrogens with zero attached hydrogens (tertiary/aromatic N) is 3. The van der Waals surface area contributed by atoms with E-state index in [0.717, 1.165) is 5.56 Å². The van der Waals surface area contributed by atoms with Crippen LogP contribution in [0.25, 0.3) is 0 Å². The van der Waals surface area contributed by atoms with Crippen molar-refractivity contribution in [2.24, 2.45) is 0 Å². The summed E-state index contributed by atoms with van der Waals surface area (Å²) in [6.45, 7) is 4.33. The smallest absolute Gasteiger partial charge is 0.269 e. The van der Waals surface area contributed by atoms with Gasteiger partial charge in [0.2, 0.25) is 5.91 Å². The lowest BCUT2D eigenvalue weighted by molar-refractivity contribution is -0.384. The van der Waals surface area contributed by atoms with Gasteiger partial charge in [-0.3, -0.25) is 19.7 Å². The summed E-state index contributed by atoms with van der Waals surface area (Å²) in [6, 6.07) is 18.6. The summed E-state index contributed by atoms with van der Waals surface area (Å²) in [7, 11) is 0. The van der Waals surface area contributed by atoms with Crippen molar-refractivity contribution in [1.82, 2.24) is 9.80 Å². The average Bonchev–Trinajstić information content (AvgIpc) is 3.33. The van der Waals surface area contributed by atoms with Crippen LogP contribution in [0.3, 0.4) is 0 Å². The molecule has 3 rings (SSSR count). The topological polar surface area (TPSA) is 96.9 Å². The zero-order valence-electron chi connectivity index (χ0n) is 18.7. The van der Waals surface area contributed by atoms with E-state index in [4.69, 9.17) is 4.42 Å². The van der Waals surface area contributed by atoms with E-state index in [1.165, 1.54) is 29.2 Å². The molecule has 0 aliphatic carbocycles. The molecule has 8 heteroatoms. The minimum absolute atomic E-state index is 0.0933. The maximum atomic E-state index is 13.3. The molecule has 0 fully saturated rings. The van der Waals surface area contributed by atoms with Crippen LogP contribution in [0.2, 0.25) is 0 Å². The van der Waals surface area contributed by atoms with Crippen LogP contribution in [0, 0.1) is 10.1 Å². The summed E-state index contributed by atoms with van der Waals surface area (Å²) in [5, 5.41) is 10.9. The number of non-ortho nitro benzene ring substituents is 1. The Bertz CT molecular complexity index is 1060. The lowest BCUT2D eigenvalue weighted by Crippen LogP contribution is -2.46. The highest BCUT2D eigenvalue weighted by molar-refractivity contribution is 5.96. The number of carbonyl (C=O) groups is 2. The first kappa shape index (κ1) is 23.7. The maximum Gasteiger partial charge on any atom is 0.269 e. The molecule has 0 unspecified atom stereocenters. The molecule has 0 N–H and O–H groups in total. The third-order valence-corrected chi connectivity index (χ3v) is 5.31. The number of benzene rings is 2. The van der Waals surface area contributed by atoms with Crippen LogP contribution in [-0.2, 0) is 17.8 Å².